The minimum atomic E-state index is -0.795. The fraction of sp³-hybridized carbons (Fsp3) is 0.154. The molecule has 0 saturated heterocycles. The topological polar surface area (TPSA) is 65.5 Å². The first-order valence-corrected chi connectivity index (χ1v) is 6.21. The van der Waals surface area contributed by atoms with Crippen molar-refractivity contribution in [3.63, 3.8) is 0 Å². The van der Waals surface area contributed by atoms with Gasteiger partial charge in [0, 0.05) is 5.56 Å². The molecule has 2 N–H and O–H groups in total. The van der Waals surface area contributed by atoms with Gasteiger partial charge in [0.15, 0.2) is 0 Å². The van der Waals surface area contributed by atoms with Gasteiger partial charge in [-0.25, -0.2) is 9.18 Å². The van der Waals surface area contributed by atoms with Crippen LogP contribution in [0.1, 0.15) is 27.9 Å². The molecule has 2 aromatic rings. The molecule has 0 aliphatic heterocycles. The highest BCUT2D eigenvalue weighted by Gasteiger charge is 2.20. The standard InChI is InChI=1S/C13H11BrFNO3/c1-18-13(17)10-6-5-9(19-10)12(16)7-3-2-4-8(14)11(7)15/h2-6,12H,16H2,1H3. The van der Waals surface area contributed by atoms with Crippen LogP contribution in [0.4, 0.5) is 4.39 Å². The first kappa shape index (κ1) is 13.8. The second kappa shape index (κ2) is 5.54. The average molecular weight is 328 g/mol. The summed E-state index contributed by atoms with van der Waals surface area (Å²) in [6.07, 6.45) is 0. The average Bonchev–Trinajstić information content (AvgIpc) is 2.90. The second-order valence-electron chi connectivity index (χ2n) is 3.81. The van der Waals surface area contributed by atoms with Crippen molar-refractivity contribution in [2.24, 2.45) is 5.73 Å². The van der Waals surface area contributed by atoms with E-state index in [9.17, 15) is 9.18 Å². The summed E-state index contributed by atoms with van der Waals surface area (Å²) in [6.45, 7) is 0. The lowest BCUT2D eigenvalue weighted by molar-refractivity contribution is 0.0562. The minimum Gasteiger partial charge on any atom is -0.463 e. The smallest absolute Gasteiger partial charge is 0.373 e. The molecule has 100 valence electrons. The SMILES string of the molecule is COC(=O)c1ccc(C(N)c2cccc(Br)c2F)o1. The van der Waals surface area contributed by atoms with Gasteiger partial charge in [-0.15, -0.1) is 0 Å². The van der Waals surface area contributed by atoms with Crippen molar-refractivity contribution in [1.29, 1.82) is 0 Å². The first-order valence-electron chi connectivity index (χ1n) is 5.42. The van der Waals surface area contributed by atoms with Gasteiger partial charge in [0.1, 0.15) is 11.6 Å². The molecule has 0 aliphatic carbocycles. The van der Waals surface area contributed by atoms with Gasteiger partial charge < -0.3 is 14.9 Å². The maximum Gasteiger partial charge on any atom is 0.373 e. The summed E-state index contributed by atoms with van der Waals surface area (Å²) >= 11 is 3.09. The van der Waals surface area contributed by atoms with Crippen LogP contribution in [-0.2, 0) is 4.74 Å². The summed E-state index contributed by atoms with van der Waals surface area (Å²) in [4.78, 5) is 11.3. The van der Waals surface area contributed by atoms with Crippen molar-refractivity contribution >= 4 is 21.9 Å². The number of hydrogen-bond donors (Lipinski definition) is 1. The number of methoxy groups -OCH3 is 1. The molecule has 4 nitrogen and oxygen atoms in total. The summed E-state index contributed by atoms with van der Waals surface area (Å²) in [5.74, 6) is -0.736. The number of esters is 1. The van der Waals surface area contributed by atoms with Gasteiger partial charge >= 0.3 is 5.97 Å². The van der Waals surface area contributed by atoms with Crippen molar-refractivity contribution in [3.8, 4) is 0 Å². The Bertz CT molecular complexity index is 612. The number of hydrogen-bond acceptors (Lipinski definition) is 4. The zero-order valence-electron chi connectivity index (χ0n) is 10.0. The van der Waals surface area contributed by atoms with E-state index in [1.807, 2.05) is 0 Å². The van der Waals surface area contributed by atoms with Crippen molar-refractivity contribution in [1.82, 2.24) is 0 Å². The molecule has 1 aromatic heterocycles. The van der Waals surface area contributed by atoms with Crippen molar-refractivity contribution in [2.45, 2.75) is 6.04 Å². The first-order chi connectivity index (χ1) is 9.04. The zero-order chi connectivity index (χ0) is 14.0. The van der Waals surface area contributed by atoms with E-state index in [2.05, 4.69) is 20.7 Å². The molecule has 0 saturated carbocycles. The Labute approximate surface area is 117 Å². The molecule has 1 atom stereocenters. The third-order valence-corrected chi connectivity index (χ3v) is 3.25. The van der Waals surface area contributed by atoms with E-state index in [1.165, 1.54) is 19.2 Å². The van der Waals surface area contributed by atoms with E-state index in [0.717, 1.165) is 0 Å². The van der Waals surface area contributed by atoms with E-state index in [1.54, 1.807) is 18.2 Å². The van der Waals surface area contributed by atoms with Crippen molar-refractivity contribution in [2.75, 3.05) is 7.11 Å². The van der Waals surface area contributed by atoms with Gasteiger partial charge in [-0.05, 0) is 34.1 Å². The van der Waals surface area contributed by atoms with Crippen LogP contribution in [0.25, 0.3) is 0 Å². The van der Waals surface area contributed by atoms with E-state index in [-0.39, 0.29) is 17.1 Å². The zero-order valence-corrected chi connectivity index (χ0v) is 11.6. The Balaban J connectivity index is 2.34. The molecule has 0 aliphatic rings. The van der Waals surface area contributed by atoms with E-state index >= 15 is 0 Å². The van der Waals surface area contributed by atoms with Gasteiger partial charge in [-0.2, -0.15) is 0 Å². The highest BCUT2D eigenvalue weighted by atomic mass is 79.9. The second-order valence-corrected chi connectivity index (χ2v) is 4.67. The Hall–Kier alpha value is -1.66. The number of carbonyl (C=O) groups is 1. The summed E-state index contributed by atoms with van der Waals surface area (Å²) in [6, 6.07) is 6.98. The van der Waals surface area contributed by atoms with Crippen LogP contribution < -0.4 is 5.73 Å². The number of furan rings is 1. The molecule has 0 spiro atoms. The number of carbonyl (C=O) groups excluding carboxylic acids is 1. The predicted molar refractivity (Wildman–Crippen MR) is 70.2 cm³/mol. The van der Waals surface area contributed by atoms with Gasteiger partial charge in [-0.1, -0.05) is 12.1 Å². The van der Waals surface area contributed by atoms with E-state index in [4.69, 9.17) is 10.2 Å². The molecule has 6 heteroatoms. The van der Waals surface area contributed by atoms with Gasteiger partial charge in [0.2, 0.25) is 5.76 Å². The van der Waals surface area contributed by atoms with Crippen LogP contribution in [0, 0.1) is 5.82 Å². The van der Waals surface area contributed by atoms with Crippen LogP contribution in [0.3, 0.4) is 0 Å². The van der Waals surface area contributed by atoms with Gasteiger partial charge in [0.05, 0.1) is 17.6 Å². The van der Waals surface area contributed by atoms with Gasteiger partial charge in [-0.3, -0.25) is 0 Å². The van der Waals surface area contributed by atoms with Gasteiger partial charge in [0.25, 0.3) is 0 Å². The molecule has 0 fully saturated rings. The molecule has 1 heterocycles. The minimum absolute atomic E-state index is 0.0309. The Morgan fingerprint density at radius 3 is 2.84 bits per heavy atom. The molecule has 0 amide bonds. The number of halogens is 2. The molecule has 1 aromatic carbocycles. The third-order valence-electron chi connectivity index (χ3n) is 2.64. The molecule has 1 unspecified atom stereocenters. The molecule has 0 radical (unpaired) electrons. The van der Waals surface area contributed by atoms with E-state index < -0.39 is 17.8 Å². The van der Waals surface area contributed by atoms with Crippen molar-refractivity contribution in [3.05, 3.63) is 57.7 Å². The van der Waals surface area contributed by atoms with Crippen LogP contribution >= 0.6 is 15.9 Å². The third kappa shape index (κ3) is 2.69. The lowest BCUT2D eigenvalue weighted by Gasteiger charge is -2.11. The number of rotatable bonds is 3. The predicted octanol–water partition coefficient (Wildman–Crippen LogP) is 3.02. The molecule has 0 bridgehead atoms. The highest BCUT2D eigenvalue weighted by molar-refractivity contribution is 9.10. The highest BCUT2D eigenvalue weighted by Crippen LogP contribution is 2.27. The fourth-order valence-corrected chi connectivity index (χ4v) is 2.03. The molecular formula is C13H11BrFNO3. The number of ether oxygens (including phenoxy) is 1. The molecule has 19 heavy (non-hydrogen) atoms. The fourth-order valence-electron chi connectivity index (χ4n) is 1.64. The van der Waals surface area contributed by atoms with Crippen LogP contribution in [0.15, 0.2) is 39.2 Å². The summed E-state index contributed by atoms with van der Waals surface area (Å²) in [5.41, 5.74) is 6.21. The number of benzene rings is 1. The van der Waals surface area contributed by atoms with Crippen LogP contribution in [0.2, 0.25) is 0 Å². The normalized spacial score (nSPS) is 12.2. The maximum atomic E-state index is 13.9. The molecular weight excluding hydrogens is 317 g/mol. The quantitative estimate of drug-likeness (QED) is 0.880. The maximum absolute atomic E-state index is 13.9. The Kier molecular flexibility index (Phi) is 4.01. The monoisotopic (exact) mass is 327 g/mol. The number of nitrogens with two attached hydrogens (primary N) is 1. The largest absolute Gasteiger partial charge is 0.463 e. The van der Waals surface area contributed by atoms with Crippen LogP contribution in [0.5, 0.6) is 0 Å². The summed E-state index contributed by atoms with van der Waals surface area (Å²) in [5, 5.41) is 0. The van der Waals surface area contributed by atoms with E-state index in [0.29, 0.717) is 4.47 Å². The molecule has 2 rings (SSSR count). The van der Waals surface area contributed by atoms with Crippen molar-refractivity contribution < 1.29 is 18.3 Å². The Morgan fingerprint density at radius 1 is 1.42 bits per heavy atom. The lowest BCUT2D eigenvalue weighted by Crippen LogP contribution is -2.13. The lowest BCUT2D eigenvalue weighted by atomic mass is 10.1. The Morgan fingerprint density at radius 2 is 2.16 bits per heavy atom. The summed E-state index contributed by atoms with van der Waals surface area (Å²) < 4.78 is 24.0. The summed E-state index contributed by atoms with van der Waals surface area (Å²) in [7, 11) is 1.25. The van der Waals surface area contributed by atoms with Crippen LogP contribution in [-0.4, -0.2) is 13.1 Å².